The van der Waals surface area contributed by atoms with Crippen molar-refractivity contribution in [3.05, 3.63) is 52.9 Å². The van der Waals surface area contributed by atoms with Crippen LogP contribution >= 0.6 is 23.1 Å². The van der Waals surface area contributed by atoms with Crippen LogP contribution in [0.4, 0.5) is 8.78 Å². The summed E-state index contributed by atoms with van der Waals surface area (Å²) in [6, 6.07) is 7.87. The molecule has 8 heteroatoms. The van der Waals surface area contributed by atoms with Crippen LogP contribution in [0, 0.1) is 11.6 Å². The van der Waals surface area contributed by atoms with Crippen LogP contribution in [0.25, 0.3) is 10.7 Å². The molecular weight excluding hydrogens is 314 g/mol. The van der Waals surface area contributed by atoms with Gasteiger partial charge in [0, 0.05) is 11.3 Å². The molecule has 0 saturated carbocycles. The van der Waals surface area contributed by atoms with Gasteiger partial charge in [-0.05, 0) is 17.5 Å². The van der Waals surface area contributed by atoms with Crippen LogP contribution in [-0.2, 0) is 5.75 Å². The lowest BCUT2D eigenvalue weighted by Crippen LogP contribution is -2.11. The number of nitrogen functional groups attached to an aromatic ring is 1. The predicted octanol–water partition coefficient (Wildman–Crippen LogP) is 3.29. The molecule has 0 bridgehead atoms. The molecule has 3 rings (SSSR count). The molecule has 0 unspecified atom stereocenters. The Morgan fingerprint density at radius 3 is 2.81 bits per heavy atom. The molecule has 108 valence electrons. The van der Waals surface area contributed by atoms with Gasteiger partial charge in [-0.2, -0.15) is 0 Å². The maximum absolute atomic E-state index is 13.6. The molecule has 1 aromatic carbocycles. The van der Waals surface area contributed by atoms with Crippen molar-refractivity contribution in [2.45, 2.75) is 10.9 Å². The van der Waals surface area contributed by atoms with Gasteiger partial charge in [0.1, 0.15) is 0 Å². The topological polar surface area (TPSA) is 56.7 Å². The van der Waals surface area contributed by atoms with E-state index in [0.29, 0.717) is 11.0 Å². The highest BCUT2D eigenvalue weighted by molar-refractivity contribution is 7.98. The Labute approximate surface area is 127 Å². The summed E-state index contributed by atoms with van der Waals surface area (Å²) in [6.07, 6.45) is 0. The Bertz CT molecular complexity index is 756. The van der Waals surface area contributed by atoms with Gasteiger partial charge < -0.3 is 5.84 Å². The van der Waals surface area contributed by atoms with Gasteiger partial charge in [0.05, 0.1) is 4.88 Å². The number of thioether (sulfide) groups is 1. The second kappa shape index (κ2) is 5.82. The molecule has 2 aromatic heterocycles. The van der Waals surface area contributed by atoms with E-state index < -0.39 is 11.6 Å². The van der Waals surface area contributed by atoms with Crippen LogP contribution in [0.2, 0.25) is 0 Å². The van der Waals surface area contributed by atoms with Crippen molar-refractivity contribution < 1.29 is 8.78 Å². The fourth-order valence-electron chi connectivity index (χ4n) is 1.75. The summed E-state index contributed by atoms with van der Waals surface area (Å²) in [5, 5.41) is 10.4. The summed E-state index contributed by atoms with van der Waals surface area (Å²) in [7, 11) is 0. The van der Waals surface area contributed by atoms with E-state index in [2.05, 4.69) is 10.2 Å². The van der Waals surface area contributed by atoms with Crippen LogP contribution in [0.15, 0.2) is 40.9 Å². The van der Waals surface area contributed by atoms with Crippen molar-refractivity contribution in [3.63, 3.8) is 0 Å². The van der Waals surface area contributed by atoms with E-state index in [1.54, 1.807) is 0 Å². The first-order valence-electron chi connectivity index (χ1n) is 5.97. The number of rotatable bonds is 4. The van der Waals surface area contributed by atoms with Crippen LogP contribution < -0.4 is 5.84 Å². The number of aromatic nitrogens is 3. The van der Waals surface area contributed by atoms with E-state index in [1.165, 1.54) is 39.9 Å². The molecule has 3 aromatic rings. The van der Waals surface area contributed by atoms with Crippen molar-refractivity contribution in [1.29, 1.82) is 0 Å². The molecule has 2 N–H and O–H groups in total. The number of benzene rings is 1. The Kier molecular flexibility index (Phi) is 3.89. The van der Waals surface area contributed by atoms with Crippen molar-refractivity contribution in [2.75, 3.05) is 5.84 Å². The Morgan fingerprint density at radius 1 is 1.19 bits per heavy atom. The molecule has 0 aliphatic heterocycles. The lowest BCUT2D eigenvalue weighted by Gasteiger charge is -2.04. The van der Waals surface area contributed by atoms with Gasteiger partial charge >= 0.3 is 0 Å². The minimum absolute atomic E-state index is 0.226. The third-order valence-electron chi connectivity index (χ3n) is 2.79. The average Bonchev–Trinajstić information content (AvgIpc) is 3.10. The molecule has 0 spiro atoms. The van der Waals surface area contributed by atoms with Gasteiger partial charge in [-0.3, -0.25) is 0 Å². The SMILES string of the molecule is Nn1c(SCc2cccc(F)c2F)nnc1-c1cccs1. The van der Waals surface area contributed by atoms with Crippen molar-refractivity contribution in [1.82, 2.24) is 14.9 Å². The second-order valence-electron chi connectivity index (χ2n) is 4.16. The van der Waals surface area contributed by atoms with Gasteiger partial charge in [0.15, 0.2) is 17.5 Å². The van der Waals surface area contributed by atoms with E-state index >= 15 is 0 Å². The van der Waals surface area contributed by atoms with E-state index in [4.69, 9.17) is 5.84 Å². The number of hydrogen-bond donors (Lipinski definition) is 1. The monoisotopic (exact) mass is 324 g/mol. The summed E-state index contributed by atoms with van der Waals surface area (Å²) >= 11 is 2.70. The standard InChI is InChI=1S/C13H10F2N4S2/c14-9-4-1-3-8(11(9)15)7-21-13-18-17-12(19(13)16)10-5-2-6-20-10/h1-6H,7,16H2. The third-order valence-corrected chi connectivity index (χ3v) is 4.65. The van der Waals surface area contributed by atoms with E-state index in [0.717, 1.165) is 10.9 Å². The molecule has 0 aliphatic rings. The molecule has 0 saturated heterocycles. The van der Waals surface area contributed by atoms with E-state index in [-0.39, 0.29) is 11.3 Å². The van der Waals surface area contributed by atoms with Gasteiger partial charge in [-0.25, -0.2) is 13.5 Å². The Balaban J connectivity index is 1.79. The van der Waals surface area contributed by atoms with Gasteiger partial charge in [-0.15, -0.1) is 21.5 Å². The molecule has 0 radical (unpaired) electrons. The summed E-state index contributed by atoms with van der Waals surface area (Å²) in [5.74, 6) is 5.01. The van der Waals surface area contributed by atoms with Gasteiger partial charge in [-0.1, -0.05) is 30.0 Å². The molecule has 2 heterocycles. The summed E-state index contributed by atoms with van der Waals surface area (Å²) in [5.41, 5.74) is 0.265. The van der Waals surface area contributed by atoms with Crippen LogP contribution in [0.1, 0.15) is 5.56 Å². The fraction of sp³-hybridized carbons (Fsp3) is 0.0769. The fourth-order valence-corrected chi connectivity index (χ4v) is 3.29. The van der Waals surface area contributed by atoms with E-state index in [9.17, 15) is 8.78 Å². The molecule has 0 aliphatic carbocycles. The highest BCUT2D eigenvalue weighted by Crippen LogP contribution is 2.27. The van der Waals surface area contributed by atoms with Gasteiger partial charge in [0.2, 0.25) is 5.16 Å². The number of thiophene rings is 1. The summed E-state index contributed by atoms with van der Waals surface area (Å²) in [4.78, 5) is 0.897. The highest BCUT2D eigenvalue weighted by Gasteiger charge is 2.14. The van der Waals surface area contributed by atoms with Crippen molar-refractivity contribution >= 4 is 23.1 Å². The average molecular weight is 324 g/mol. The van der Waals surface area contributed by atoms with Gasteiger partial charge in [0.25, 0.3) is 0 Å². The first-order valence-corrected chi connectivity index (χ1v) is 7.83. The zero-order valence-electron chi connectivity index (χ0n) is 10.7. The lowest BCUT2D eigenvalue weighted by atomic mass is 10.2. The Hall–Kier alpha value is -1.93. The number of nitrogens with two attached hydrogens (primary N) is 1. The van der Waals surface area contributed by atoms with E-state index in [1.807, 2.05) is 17.5 Å². The number of nitrogens with zero attached hydrogens (tertiary/aromatic N) is 3. The van der Waals surface area contributed by atoms with Crippen LogP contribution in [0.5, 0.6) is 0 Å². The molecule has 0 atom stereocenters. The number of halogens is 2. The maximum Gasteiger partial charge on any atom is 0.210 e. The molecule has 0 amide bonds. The second-order valence-corrected chi connectivity index (χ2v) is 6.05. The smallest absolute Gasteiger partial charge is 0.210 e. The predicted molar refractivity (Wildman–Crippen MR) is 79.4 cm³/mol. The largest absolute Gasteiger partial charge is 0.335 e. The molecule has 21 heavy (non-hydrogen) atoms. The summed E-state index contributed by atoms with van der Waals surface area (Å²) < 4.78 is 28.1. The molecule has 4 nitrogen and oxygen atoms in total. The quantitative estimate of drug-likeness (QED) is 0.591. The zero-order chi connectivity index (χ0) is 14.8. The third kappa shape index (κ3) is 2.77. The van der Waals surface area contributed by atoms with Crippen LogP contribution in [0.3, 0.4) is 0 Å². The lowest BCUT2D eigenvalue weighted by molar-refractivity contribution is 0.502. The maximum atomic E-state index is 13.6. The highest BCUT2D eigenvalue weighted by atomic mass is 32.2. The molecule has 0 fully saturated rings. The first-order chi connectivity index (χ1) is 10.2. The minimum atomic E-state index is -0.860. The normalized spacial score (nSPS) is 11.0. The van der Waals surface area contributed by atoms with Crippen molar-refractivity contribution in [2.24, 2.45) is 0 Å². The van der Waals surface area contributed by atoms with Crippen LogP contribution in [-0.4, -0.2) is 14.9 Å². The minimum Gasteiger partial charge on any atom is -0.335 e. The first kappa shape index (κ1) is 14.0. The molecular formula is C13H10F2N4S2. The number of hydrogen-bond acceptors (Lipinski definition) is 5. The summed E-state index contributed by atoms with van der Waals surface area (Å²) in [6.45, 7) is 0. The Morgan fingerprint density at radius 2 is 2.05 bits per heavy atom. The zero-order valence-corrected chi connectivity index (χ0v) is 12.3. The van der Waals surface area contributed by atoms with Crippen molar-refractivity contribution in [3.8, 4) is 10.7 Å².